The molecule has 0 radical (unpaired) electrons. The molecule has 0 aliphatic heterocycles. The summed E-state index contributed by atoms with van der Waals surface area (Å²) in [7, 11) is 0. The smallest absolute Gasteiger partial charge is 0.225 e. The molecule has 3 N–H and O–H groups in total. The molecule has 3 rings (SSSR count). The third-order valence-corrected chi connectivity index (χ3v) is 3.67. The van der Waals surface area contributed by atoms with Gasteiger partial charge < -0.3 is 15.7 Å². The van der Waals surface area contributed by atoms with Crippen molar-refractivity contribution < 1.29 is 13.9 Å². The molecule has 0 aliphatic carbocycles. The molecule has 1 aromatic carbocycles. The summed E-state index contributed by atoms with van der Waals surface area (Å²) in [5.41, 5.74) is 1.73. The summed E-state index contributed by atoms with van der Waals surface area (Å²) in [5.74, 6) is -0.397. The Morgan fingerprint density at radius 2 is 1.74 bits per heavy atom. The number of aliphatic hydroxyl groups excluding tert-OH is 1. The molecule has 140 valence electrons. The molecule has 0 bridgehead atoms. The molecule has 6 nitrogen and oxygen atoms in total. The second-order valence-corrected chi connectivity index (χ2v) is 5.81. The van der Waals surface area contributed by atoms with Crippen molar-refractivity contribution in [3.05, 3.63) is 65.9 Å². The molecule has 0 saturated heterocycles. The van der Waals surface area contributed by atoms with Crippen LogP contribution in [-0.4, -0.2) is 33.2 Å². The molecule has 0 saturated carbocycles. The first kappa shape index (κ1) is 18.7. The molecule has 0 unspecified atom stereocenters. The number of pyridine rings is 1. The first-order valence-corrected chi connectivity index (χ1v) is 8.48. The number of anilines is 2. The molecule has 0 amide bonds. The van der Waals surface area contributed by atoms with Crippen molar-refractivity contribution in [1.82, 2.24) is 15.0 Å². The zero-order chi connectivity index (χ0) is 19.1. The van der Waals surface area contributed by atoms with Gasteiger partial charge in [0.25, 0.3) is 0 Å². The number of aromatic nitrogens is 3. The lowest BCUT2D eigenvalue weighted by atomic mass is 10.2. The second-order valence-electron chi connectivity index (χ2n) is 5.81. The van der Waals surface area contributed by atoms with E-state index in [1.54, 1.807) is 12.3 Å². The Kier molecular flexibility index (Phi) is 6.22. The van der Waals surface area contributed by atoms with Crippen LogP contribution in [0.15, 0.2) is 48.7 Å². The largest absolute Gasteiger partial charge is 0.396 e. The minimum atomic E-state index is -0.630. The van der Waals surface area contributed by atoms with Gasteiger partial charge in [-0.2, -0.15) is 4.98 Å². The highest BCUT2D eigenvalue weighted by Gasteiger charge is 2.08. The molecule has 2 aromatic heterocycles. The van der Waals surface area contributed by atoms with Crippen LogP contribution in [0.25, 0.3) is 11.4 Å². The average Bonchev–Trinajstić information content (AvgIpc) is 2.66. The molecule has 0 atom stereocenters. The number of hydrogen-bond donors (Lipinski definition) is 3. The predicted molar refractivity (Wildman–Crippen MR) is 99.1 cm³/mol. The van der Waals surface area contributed by atoms with E-state index in [-0.39, 0.29) is 13.2 Å². The van der Waals surface area contributed by atoms with Gasteiger partial charge in [-0.15, -0.1) is 0 Å². The summed E-state index contributed by atoms with van der Waals surface area (Å²) in [6, 6.07) is 10.6. The molecule has 0 aliphatic rings. The average molecular weight is 371 g/mol. The number of halogens is 2. The maximum atomic E-state index is 13.3. The Labute approximate surface area is 155 Å². The van der Waals surface area contributed by atoms with Crippen LogP contribution >= 0.6 is 0 Å². The third kappa shape index (κ3) is 5.42. The summed E-state index contributed by atoms with van der Waals surface area (Å²) in [5, 5.41) is 15.0. The lowest BCUT2D eigenvalue weighted by Crippen LogP contribution is -2.10. The van der Waals surface area contributed by atoms with Crippen LogP contribution < -0.4 is 10.6 Å². The van der Waals surface area contributed by atoms with E-state index in [0.717, 1.165) is 6.07 Å². The highest BCUT2D eigenvalue weighted by atomic mass is 19.1. The van der Waals surface area contributed by atoms with Crippen molar-refractivity contribution in [3.63, 3.8) is 0 Å². The minimum Gasteiger partial charge on any atom is -0.396 e. The fourth-order valence-electron chi connectivity index (χ4n) is 2.45. The van der Waals surface area contributed by atoms with E-state index in [4.69, 9.17) is 5.11 Å². The number of nitrogens with one attached hydrogen (secondary N) is 2. The molecule has 3 aromatic rings. The summed E-state index contributed by atoms with van der Waals surface area (Å²) in [4.78, 5) is 13.1. The topological polar surface area (TPSA) is 83.0 Å². The molecular weight excluding hydrogens is 352 g/mol. The van der Waals surface area contributed by atoms with Gasteiger partial charge in [0.05, 0.1) is 11.4 Å². The third-order valence-electron chi connectivity index (χ3n) is 3.67. The van der Waals surface area contributed by atoms with Gasteiger partial charge >= 0.3 is 0 Å². The van der Waals surface area contributed by atoms with Gasteiger partial charge in [0, 0.05) is 38.0 Å². The number of rotatable bonds is 8. The normalized spacial score (nSPS) is 10.6. The van der Waals surface area contributed by atoms with Crippen molar-refractivity contribution in [2.75, 3.05) is 23.8 Å². The fourth-order valence-corrected chi connectivity index (χ4v) is 2.45. The first-order chi connectivity index (χ1) is 13.1. The Morgan fingerprint density at radius 1 is 0.926 bits per heavy atom. The van der Waals surface area contributed by atoms with Crippen molar-refractivity contribution in [3.8, 4) is 11.4 Å². The number of hydrogen-bond acceptors (Lipinski definition) is 6. The van der Waals surface area contributed by atoms with Gasteiger partial charge in [-0.05, 0) is 36.2 Å². The molecule has 27 heavy (non-hydrogen) atoms. The summed E-state index contributed by atoms with van der Waals surface area (Å²) < 4.78 is 26.7. The van der Waals surface area contributed by atoms with Crippen molar-refractivity contribution in [2.24, 2.45) is 0 Å². The van der Waals surface area contributed by atoms with Gasteiger partial charge in [-0.1, -0.05) is 6.07 Å². The van der Waals surface area contributed by atoms with Crippen LogP contribution in [0.4, 0.5) is 20.5 Å². The van der Waals surface area contributed by atoms with Crippen LogP contribution in [0.2, 0.25) is 0 Å². The van der Waals surface area contributed by atoms with E-state index in [0.29, 0.717) is 41.7 Å². The summed E-state index contributed by atoms with van der Waals surface area (Å²) in [6.07, 6.45) is 2.22. The molecule has 0 fully saturated rings. The van der Waals surface area contributed by atoms with Gasteiger partial charge in [0.1, 0.15) is 17.5 Å². The monoisotopic (exact) mass is 371 g/mol. The second kappa shape index (κ2) is 9.00. The number of aliphatic hydroxyl groups is 1. The van der Waals surface area contributed by atoms with Crippen LogP contribution in [0.1, 0.15) is 12.0 Å². The number of nitrogens with zero attached hydrogens (tertiary/aromatic N) is 3. The van der Waals surface area contributed by atoms with Crippen molar-refractivity contribution in [2.45, 2.75) is 13.0 Å². The number of benzene rings is 1. The standard InChI is InChI=1S/C19H19F2N5O/c20-14-8-13(9-15(21)10-14)12-24-18-11-17(16-4-1-2-5-22-16)25-19(26-18)23-6-3-7-27/h1-2,4-5,8-11,27H,3,6-7,12H2,(H2,23,24,25,26). The van der Waals surface area contributed by atoms with E-state index >= 15 is 0 Å². The van der Waals surface area contributed by atoms with E-state index in [1.165, 1.54) is 12.1 Å². The van der Waals surface area contributed by atoms with E-state index < -0.39 is 11.6 Å². The molecule has 2 heterocycles. The zero-order valence-electron chi connectivity index (χ0n) is 14.5. The Morgan fingerprint density at radius 3 is 2.44 bits per heavy atom. The maximum absolute atomic E-state index is 13.3. The molecule has 0 spiro atoms. The van der Waals surface area contributed by atoms with Gasteiger partial charge in [-0.3, -0.25) is 4.98 Å². The van der Waals surface area contributed by atoms with E-state index in [1.807, 2.05) is 18.2 Å². The van der Waals surface area contributed by atoms with Gasteiger partial charge in [0.15, 0.2) is 0 Å². The van der Waals surface area contributed by atoms with Crippen LogP contribution in [0, 0.1) is 11.6 Å². The lowest BCUT2D eigenvalue weighted by Gasteiger charge is -2.11. The van der Waals surface area contributed by atoms with Crippen LogP contribution in [0.5, 0.6) is 0 Å². The zero-order valence-corrected chi connectivity index (χ0v) is 14.5. The van der Waals surface area contributed by atoms with E-state index in [2.05, 4.69) is 25.6 Å². The Bertz CT molecular complexity index is 872. The highest BCUT2D eigenvalue weighted by Crippen LogP contribution is 2.20. The Balaban J connectivity index is 1.82. The highest BCUT2D eigenvalue weighted by molar-refractivity contribution is 5.61. The molecule has 8 heteroatoms. The van der Waals surface area contributed by atoms with Crippen molar-refractivity contribution >= 4 is 11.8 Å². The van der Waals surface area contributed by atoms with Gasteiger partial charge in [-0.25, -0.2) is 13.8 Å². The quantitative estimate of drug-likeness (QED) is 0.528. The maximum Gasteiger partial charge on any atom is 0.225 e. The Hall–Kier alpha value is -3.13. The van der Waals surface area contributed by atoms with E-state index in [9.17, 15) is 8.78 Å². The minimum absolute atomic E-state index is 0.0587. The van der Waals surface area contributed by atoms with Crippen LogP contribution in [-0.2, 0) is 6.54 Å². The fraction of sp³-hybridized carbons (Fsp3) is 0.211. The summed E-state index contributed by atoms with van der Waals surface area (Å²) >= 11 is 0. The molecular formula is C19H19F2N5O. The lowest BCUT2D eigenvalue weighted by molar-refractivity contribution is 0.292. The van der Waals surface area contributed by atoms with Crippen LogP contribution in [0.3, 0.4) is 0 Å². The SMILES string of the molecule is OCCCNc1nc(NCc2cc(F)cc(F)c2)cc(-c2ccccn2)n1. The van der Waals surface area contributed by atoms with Gasteiger partial charge in [0.2, 0.25) is 5.95 Å². The first-order valence-electron chi connectivity index (χ1n) is 8.48. The van der Waals surface area contributed by atoms with Crippen molar-refractivity contribution in [1.29, 1.82) is 0 Å². The predicted octanol–water partition coefficient (Wildman–Crippen LogP) is 3.22. The summed E-state index contributed by atoms with van der Waals surface area (Å²) in [6.45, 7) is 0.767.